The molecule has 1 aromatic heterocycles. The number of nitrogens with one attached hydrogen (secondary N) is 1. The zero-order valence-electron chi connectivity index (χ0n) is 13.4. The van der Waals surface area contributed by atoms with Crippen molar-refractivity contribution < 1.29 is 9.47 Å². The van der Waals surface area contributed by atoms with Gasteiger partial charge in [-0.05, 0) is 45.9 Å². The highest BCUT2D eigenvalue weighted by Gasteiger charge is 2.16. The first-order valence-corrected chi connectivity index (χ1v) is 7.36. The molecule has 0 saturated carbocycles. The van der Waals surface area contributed by atoms with Crippen LogP contribution in [-0.2, 0) is 4.74 Å². The Hall–Kier alpha value is -1.13. The molecule has 4 heteroatoms. The average molecular weight is 280 g/mol. The highest BCUT2D eigenvalue weighted by Crippen LogP contribution is 2.17. The minimum Gasteiger partial charge on any atom is -0.492 e. The lowest BCUT2D eigenvalue weighted by Crippen LogP contribution is -2.25. The van der Waals surface area contributed by atoms with E-state index in [1.54, 1.807) is 13.3 Å². The summed E-state index contributed by atoms with van der Waals surface area (Å²) < 4.78 is 11.1. The van der Waals surface area contributed by atoms with Gasteiger partial charge in [-0.3, -0.25) is 4.98 Å². The van der Waals surface area contributed by atoms with Gasteiger partial charge >= 0.3 is 0 Å². The van der Waals surface area contributed by atoms with Crippen molar-refractivity contribution in [3.63, 3.8) is 0 Å². The van der Waals surface area contributed by atoms with Gasteiger partial charge in [0.15, 0.2) is 0 Å². The summed E-state index contributed by atoms with van der Waals surface area (Å²) in [5, 5.41) is 3.42. The molecule has 0 saturated heterocycles. The topological polar surface area (TPSA) is 43.4 Å². The number of hydrogen-bond donors (Lipinski definition) is 1. The Morgan fingerprint density at radius 2 is 2.10 bits per heavy atom. The average Bonchev–Trinajstić information content (AvgIpc) is 2.45. The molecule has 0 aliphatic heterocycles. The molecule has 0 aromatic carbocycles. The minimum absolute atomic E-state index is 0.147. The molecule has 0 amide bonds. The normalized spacial score (nSPS) is 13.2. The number of pyridine rings is 1. The Bertz CT molecular complexity index is 377. The second-order valence-electron chi connectivity index (χ2n) is 5.66. The fourth-order valence-electron chi connectivity index (χ4n) is 1.72. The number of nitrogens with zero attached hydrogens (tertiary/aromatic N) is 1. The van der Waals surface area contributed by atoms with Gasteiger partial charge in [0.05, 0.1) is 24.1 Å². The molecule has 20 heavy (non-hydrogen) atoms. The van der Waals surface area contributed by atoms with Gasteiger partial charge < -0.3 is 14.8 Å². The van der Waals surface area contributed by atoms with E-state index in [1.165, 1.54) is 0 Å². The molecule has 114 valence electrons. The van der Waals surface area contributed by atoms with Crippen molar-refractivity contribution in [3.8, 4) is 5.75 Å². The lowest BCUT2D eigenvalue weighted by molar-refractivity contribution is 0.00542. The molecule has 0 bridgehead atoms. The molecule has 0 spiro atoms. The molecule has 1 N–H and O–H groups in total. The Labute approximate surface area is 122 Å². The Morgan fingerprint density at radius 1 is 1.35 bits per heavy atom. The number of rotatable bonds is 9. The van der Waals surface area contributed by atoms with E-state index in [-0.39, 0.29) is 11.6 Å². The number of aromatic nitrogens is 1. The third-order valence-electron chi connectivity index (χ3n) is 3.43. The Kier molecular flexibility index (Phi) is 6.96. The molecular formula is C16H28N2O2. The highest BCUT2D eigenvalue weighted by atomic mass is 16.5. The van der Waals surface area contributed by atoms with Gasteiger partial charge in [-0.2, -0.15) is 0 Å². The standard InChI is InChI=1S/C16H28N2O2/c1-6-10-17-13(2)15-8-7-14(12-18-15)20-11-9-16(3,4)19-5/h7-8,12-13,17H,6,9-11H2,1-5H3. The number of methoxy groups -OCH3 is 1. The molecule has 0 radical (unpaired) electrons. The zero-order chi connectivity index (χ0) is 15.0. The fraction of sp³-hybridized carbons (Fsp3) is 0.688. The van der Waals surface area contributed by atoms with E-state index in [0.717, 1.165) is 30.8 Å². The maximum Gasteiger partial charge on any atom is 0.137 e. The second-order valence-corrected chi connectivity index (χ2v) is 5.66. The summed E-state index contributed by atoms with van der Waals surface area (Å²) in [7, 11) is 1.72. The monoisotopic (exact) mass is 280 g/mol. The summed E-state index contributed by atoms with van der Waals surface area (Å²) in [4.78, 5) is 4.45. The van der Waals surface area contributed by atoms with E-state index >= 15 is 0 Å². The molecule has 0 aliphatic carbocycles. The molecule has 1 heterocycles. The van der Waals surface area contributed by atoms with Crippen molar-refractivity contribution in [1.82, 2.24) is 10.3 Å². The van der Waals surface area contributed by atoms with Crippen LogP contribution in [0.4, 0.5) is 0 Å². The van der Waals surface area contributed by atoms with E-state index < -0.39 is 0 Å². The van der Waals surface area contributed by atoms with Crippen molar-refractivity contribution in [3.05, 3.63) is 24.0 Å². The van der Waals surface area contributed by atoms with E-state index in [1.807, 2.05) is 12.1 Å². The van der Waals surface area contributed by atoms with Gasteiger partial charge in [0.2, 0.25) is 0 Å². The molecule has 4 nitrogen and oxygen atoms in total. The Morgan fingerprint density at radius 3 is 2.65 bits per heavy atom. The summed E-state index contributed by atoms with van der Waals surface area (Å²) in [5.74, 6) is 0.809. The fourth-order valence-corrected chi connectivity index (χ4v) is 1.72. The lowest BCUT2D eigenvalue weighted by atomic mass is 10.1. The van der Waals surface area contributed by atoms with Crippen LogP contribution in [0.1, 0.15) is 52.3 Å². The van der Waals surface area contributed by atoms with Crippen molar-refractivity contribution >= 4 is 0 Å². The highest BCUT2D eigenvalue weighted by molar-refractivity contribution is 5.21. The first kappa shape index (κ1) is 16.9. The van der Waals surface area contributed by atoms with Crippen molar-refractivity contribution in [2.45, 2.75) is 52.2 Å². The summed E-state index contributed by atoms with van der Waals surface area (Å²) in [6, 6.07) is 4.27. The maximum atomic E-state index is 5.70. The van der Waals surface area contributed by atoms with Crippen LogP contribution in [-0.4, -0.2) is 30.8 Å². The molecule has 0 aliphatic rings. The lowest BCUT2D eigenvalue weighted by Gasteiger charge is -2.22. The third-order valence-corrected chi connectivity index (χ3v) is 3.43. The van der Waals surface area contributed by atoms with E-state index in [9.17, 15) is 0 Å². The van der Waals surface area contributed by atoms with Gasteiger partial charge in [-0.25, -0.2) is 0 Å². The maximum absolute atomic E-state index is 5.70. The summed E-state index contributed by atoms with van der Waals surface area (Å²) in [6.07, 6.45) is 3.76. The largest absolute Gasteiger partial charge is 0.492 e. The van der Waals surface area contributed by atoms with Gasteiger partial charge in [-0.1, -0.05) is 6.92 Å². The third kappa shape index (κ3) is 5.88. The van der Waals surface area contributed by atoms with E-state index in [4.69, 9.17) is 9.47 Å². The van der Waals surface area contributed by atoms with Crippen LogP contribution in [0.3, 0.4) is 0 Å². The van der Waals surface area contributed by atoms with Crippen molar-refractivity contribution in [1.29, 1.82) is 0 Å². The van der Waals surface area contributed by atoms with Gasteiger partial charge in [0, 0.05) is 19.6 Å². The first-order valence-electron chi connectivity index (χ1n) is 7.36. The van der Waals surface area contributed by atoms with Gasteiger partial charge in [0.1, 0.15) is 5.75 Å². The van der Waals surface area contributed by atoms with Crippen LogP contribution in [0.25, 0.3) is 0 Å². The quantitative estimate of drug-likeness (QED) is 0.753. The second kappa shape index (κ2) is 8.22. The molecule has 1 aromatic rings. The predicted octanol–water partition coefficient (Wildman–Crippen LogP) is 3.34. The summed E-state index contributed by atoms with van der Waals surface area (Å²) >= 11 is 0. The molecule has 1 atom stereocenters. The number of ether oxygens (including phenoxy) is 2. The summed E-state index contributed by atoms with van der Waals surface area (Å²) in [6.45, 7) is 10.0. The van der Waals surface area contributed by atoms with Crippen LogP contribution in [0, 0.1) is 0 Å². The van der Waals surface area contributed by atoms with Crippen LogP contribution in [0.5, 0.6) is 5.75 Å². The first-order chi connectivity index (χ1) is 9.48. The van der Waals surface area contributed by atoms with Crippen molar-refractivity contribution in [2.75, 3.05) is 20.3 Å². The van der Waals surface area contributed by atoms with Crippen LogP contribution in [0.2, 0.25) is 0 Å². The van der Waals surface area contributed by atoms with Gasteiger partial charge in [-0.15, -0.1) is 0 Å². The zero-order valence-corrected chi connectivity index (χ0v) is 13.4. The summed E-state index contributed by atoms with van der Waals surface area (Å²) in [5.41, 5.74) is 0.898. The van der Waals surface area contributed by atoms with Crippen molar-refractivity contribution in [2.24, 2.45) is 0 Å². The van der Waals surface area contributed by atoms with E-state index in [0.29, 0.717) is 6.61 Å². The van der Waals surface area contributed by atoms with E-state index in [2.05, 4.69) is 38.0 Å². The Balaban J connectivity index is 2.42. The molecular weight excluding hydrogens is 252 g/mol. The van der Waals surface area contributed by atoms with Crippen LogP contribution < -0.4 is 10.1 Å². The molecule has 1 rings (SSSR count). The van der Waals surface area contributed by atoms with Crippen LogP contribution in [0.15, 0.2) is 18.3 Å². The predicted molar refractivity (Wildman–Crippen MR) is 82.1 cm³/mol. The number of hydrogen-bond acceptors (Lipinski definition) is 4. The minimum atomic E-state index is -0.147. The molecule has 0 fully saturated rings. The SMILES string of the molecule is CCCNC(C)c1ccc(OCCC(C)(C)OC)cn1. The molecule has 1 unspecified atom stereocenters. The van der Waals surface area contributed by atoms with Gasteiger partial charge in [0.25, 0.3) is 0 Å². The van der Waals surface area contributed by atoms with Crippen LogP contribution >= 0.6 is 0 Å². The smallest absolute Gasteiger partial charge is 0.137 e.